The summed E-state index contributed by atoms with van der Waals surface area (Å²) in [5, 5.41) is 11.5. The first kappa shape index (κ1) is 12.8. The van der Waals surface area contributed by atoms with E-state index in [1.54, 1.807) is 24.3 Å². The van der Waals surface area contributed by atoms with Gasteiger partial charge in [-0.15, -0.1) is 10.2 Å². The molecule has 5 heteroatoms. The molecule has 0 aliphatic carbocycles. The second-order valence-electron chi connectivity index (χ2n) is 3.85. The molecule has 0 bridgehead atoms. The molecule has 2 aromatic rings. The SMILES string of the molecule is CCCNc1ccc(-c2ccc(Cl)cc2F)nn1. The summed E-state index contributed by atoms with van der Waals surface area (Å²) in [6, 6.07) is 8.01. The summed E-state index contributed by atoms with van der Waals surface area (Å²) < 4.78 is 13.7. The Kier molecular flexibility index (Phi) is 4.10. The second-order valence-corrected chi connectivity index (χ2v) is 4.29. The number of nitrogens with one attached hydrogen (secondary N) is 1. The lowest BCUT2D eigenvalue weighted by Gasteiger charge is -2.05. The third-order valence-electron chi connectivity index (χ3n) is 2.43. The molecule has 0 spiro atoms. The van der Waals surface area contributed by atoms with Crippen molar-refractivity contribution in [1.29, 1.82) is 0 Å². The molecule has 0 saturated heterocycles. The van der Waals surface area contributed by atoms with Crippen LogP contribution in [0.3, 0.4) is 0 Å². The minimum atomic E-state index is -0.397. The van der Waals surface area contributed by atoms with E-state index in [9.17, 15) is 4.39 Å². The number of benzene rings is 1. The molecule has 1 aromatic carbocycles. The molecule has 0 aliphatic rings. The third-order valence-corrected chi connectivity index (χ3v) is 2.66. The Hall–Kier alpha value is -1.68. The molecule has 18 heavy (non-hydrogen) atoms. The zero-order valence-electron chi connectivity index (χ0n) is 9.95. The predicted octanol–water partition coefficient (Wildman–Crippen LogP) is 3.76. The van der Waals surface area contributed by atoms with Crippen molar-refractivity contribution >= 4 is 17.4 Å². The van der Waals surface area contributed by atoms with Gasteiger partial charge in [0.2, 0.25) is 0 Å². The van der Waals surface area contributed by atoms with Crippen LogP contribution < -0.4 is 5.32 Å². The van der Waals surface area contributed by atoms with Crippen molar-refractivity contribution in [3.8, 4) is 11.3 Å². The molecule has 0 unspecified atom stereocenters. The molecule has 0 saturated carbocycles. The van der Waals surface area contributed by atoms with Crippen LogP contribution in [-0.4, -0.2) is 16.7 Å². The monoisotopic (exact) mass is 265 g/mol. The molecular formula is C13H13ClFN3. The van der Waals surface area contributed by atoms with Gasteiger partial charge >= 0.3 is 0 Å². The lowest BCUT2D eigenvalue weighted by atomic mass is 10.1. The Morgan fingerprint density at radius 3 is 2.67 bits per heavy atom. The van der Waals surface area contributed by atoms with Crippen LogP contribution in [0.1, 0.15) is 13.3 Å². The zero-order valence-corrected chi connectivity index (χ0v) is 10.7. The smallest absolute Gasteiger partial charge is 0.148 e. The Balaban J connectivity index is 2.23. The number of aromatic nitrogens is 2. The van der Waals surface area contributed by atoms with Crippen LogP contribution in [0.2, 0.25) is 5.02 Å². The first-order valence-corrected chi connectivity index (χ1v) is 6.11. The van der Waals surface area contributed by atoms with Crippen LogP contribution in [0.4, 0.5) is 10.2 Å². The maximum absolute atomic E-state index is 13.7. The molecule has 2 rings (SSSR count). The van der Waals surface area contributed by atoms with Crippen LogP contribution in [-0.2, 0) is 0 Å². The molecule has 1 heterocycles. The van der Waals surface area contributed by atoms with Crippen molar-refractivity contribution in [3.05, 3.63) is 41.2 Å². The van der Waals surface area contributed by atoms with Crippen molar-refractivity contribution in [2.75, 3.05) is 11.9 Å². The maximum atomic E-state index is 13.7. The Bertz CT molecular complexity index is 528. The van der Waals surface area contributed by atoms with E-state index in [-0.39, 0.29) is 0 Å². The van der Waals surface area contributed by atoms with E-state index in [4.69, 9.17) is 11.6 Å². The van der Waals surface area contributed by atoms with Crippen LogP contribution >= 0.6 is 11.6 Å². The average Bonchev–Trinajstić information content (AvgIpc) is 2.37. The van der Waals surface area contributed by atoms with E-state index in [0.29, 0.717) is 22.1 Å². The molecule has 0 amide bonds. The quantitative estimate of drug-likeness (QED) is 0.915. The van der Waals surface area contributed by atoms with Gasteiger partial charge < -0.3 is 5.32 Å². The molecular weight excluding hydrogens is 253 g/mol. The Labute approximate surface area is 110 Å². The van der Waals surface area contributed by atoms with Gasteiger partial charge in [0, 0.05) is 17.1 Å². The number of hydrogen-bond acceptors (Lipinski definition) is 3. The van der Waals surface area contributed by atoms with Crippen molar-refractivity contribution in [2.45, 2.75) is 13.3 Å². The van der Waals surface area contributed by atoms with Crippen LogP contribution in [0.5, 0.6) is 0 Å². The van der Waals surface area contributed by atoms with Gasteiger partial charge in [0.25, 0.3) is 0 Å². The summed E-state index contributed by atoms with van der Waals surface area (Å²) in [5.41, 5.74) is 0.889. The number of anilines is 1. The molecule has 0 atom stereocenters. The molecule has 0 aliphatic heterocycles. The number of hydrogen-bond donors (Lipinski definition) is 1. The van der Waals surface area contributed by atoms with E-state index >= 15 is 0 Å². The summed E-state index contributed by atoms with van der Waals surface area (Å²) >= 11 is 5.70. The van der Waals surface area contributed by atoms with Crippen molar-refractivity contribution in [3.63, 3.8) is 0 Å². The fourth-order valence-corrected chi connectivity index (χ4v) is 1.68. The zero-order chi connectivity index (χ0) is 13.0. The summed E-state index contributed by atoms with van der Waals surface area (Å²) in [7, 11) is 0. The molecule has 1 N–H and O–H groups in total. The number of halogens is 2. The first-order chi connectivity index (χ1) is 8.70. The van der Waals surface area contributed by atoms with Gasteiger partial charge in [-0.2, -0.15) is 0 Å². The summed E-state index contributed by atoms with van der Waals surface area (Å²) in [5.74, 6) is 0.293. The van der Waals surface area contributed by atoms with Gasteiger partial charge in [0.05, 0.1) is 5.69 Å². The van der Waals surface area contributed by atoms with Gasteiger partial charge in [0.1, 0.15) is 11.6 Å². The number of rotatable bonds is 4. The molecule has 0 radical (unpaired) electrons. The summed E-state index contributed by atoms with van der Waals surface area (Å²) in [6.45, 7) is 2.90. The molecule has 3 nitrogen and oxygen atoms in total. The molecule has 1 aromatic heterocycles. The standard InChI is InChI=1S/C13H13ClFN3/c1-2-7-16-13-6-5-12(17-18-13)10-4-3-9(14)8-11(10)15/h3-6,8H,2,7H2,1H3,(H,16,18). The van der Waals surface area contributed by atoms with E-state index in [2.05, 4.69) is 22.4 Å². The fraction of sp³-hybridized carbons (Fsp3) is 0.231. The highest BCUT2D eigenvalue weighted by molar-refractivity contribution is 6.30. The maximum Gasteiger partial charge on any atom is 0.148 e. The second kappa shape index (κ2) is 5.78. The van der Waals surface area contributed by atoms with E-state index < -0.39 is 5.82 Å². The Morgan fingerprint density at radius 1 is 1.22 bits per heavy atom. The predicted molar refractivity (Wildman–Crippen MR) is 71.2 cm³/mol. The van der Waals surface area contributed by atoms with Gasteiger partial charge in [-0.05, 0) is 36.8 Å². The highest BCUT2D eigenvalue weighted by Crippen LogP contribution is 2.23. The van der Waals surface area contributed by atoms with E-state index in [1.165, 1.54) is 6.07 Å². The lowest BCUT2D eigenvalue weighted by molar-refractivity contribution is 0.630. The average molecular weight is 266 g/mol. The highest BCUT2D eigenvalue weighted by atomic mass is 35.5. The summed E-state index contributed by atoms with van der Waals surface area (Å²) in [4.78, 5) is 0. The van der Waals surface area contributed by atoms with Gasteiger partial charge in [-0.3, -0.25) is 0 Å². The minimum Gasteiger partial charge on any atom is -0.369 e. The van der Waals surface area contributed by atoms with Crippen molar-refractivity contribution in [2.24, 2.45) is 0 Å². The van der Waals surface area contributed by atoms with Gasteiger partial charge in [-0.25, -0.2) is 4.39 Å². The summed E-state index contributed by atoms with van der Waals surface area (Å²) in [6.07, 6.45) is 1.01. The van der Waals surface area contributed by atoms with Crippen molar-refractivity contribution < 1.29 is 4.39 Å². The lowest BCUT2D eigenvalue weighted by Crippen LogP contribution is -2.03. The van der Waals surface area contributed by atoms with Gasteiger partial charge in [-0.1, -0.05) is 18.5 Å². The topological polar surface area (TPSA) is 37.8 Å². The molecule has 94 valence electrons. The molecule has 0 fully saturated rings. The van der Waals surface area contributed by atoms with Crippen LogP contribution in [0.15, 0.2) is 30.3 Å². The highest BCUT2D eigenvalue weighted by Gasteiger charge is 2.07. The van der Waals surface area contributed by atoms with Crippen molar-refractivity contribution in [1.82, 2.24) is 10.2 Å². The number of nitrogens with zero attached hydrogens (tertiary/aromatic N) is 2. The van der Waals surface area contributed by atoms with Crippen LogP contribution in [0.25, 0.3) is 11.3 Å². The largest absolute Gasteiger partial charge is 0.369 e. The first-order valence-electron chi connectivity index (χ1n) is 5.73. The van der Waals surface area contributed by atoms with Crippen LogP contribution in [0, 0.1) is 5.82 Å². The Morgan fingerprint density at radius 2 is 2.06 bits per heavy atom. The fourth-order valence-electron chi connectivity index (χ4n) is 1.52. The third kappa shape index (κ3) is 2.96. The normalized spacial score (nSPS) is 10.4. The van der Waals surface area contributed by atoms with Gasteiger partial charge in [0.15, 0.2) is 0 Å². The van der Waals surface area contributed by atoms with E-state index in [0.717, 1.165) is 13.0 Å². The minimum absolute atomic E-state index is 0.366. The van der Waals surface area contributed by atoms with E-state index in [1.807, 2.05) is 0 Å².